The summed E-state index contributed by atoms with van der Waals surface area (Å²) in [6, 6.07) is 26.0. The van der Waals surface area contributed by atoms with Gasteiger partial charge in [-0.15, -0.1) is 11.3 Å². The molecule has 4 heterocycles. The molecule has 8 heteroatoms. The molecule has 7 nitrogen and oxygen atoms in total. The highest BCUT2D eigenvalue weighted by atomic mass is 32.1. The first-order chi connectivity index (χ1) is 18.2. The van der Waals surface area contributed by atoms with Crippen molar-refractivity contribution in [1.82, 2.24) is 15.0 Å². The zero-order valence-corrected chi connectivity index (χ0v) is 20.9. The van der Waals surface area contributed by atoms with Crippen LogP contribution in [0.2, 0.25) is 0 Å². The van der Waals surface area contributed by atoms with Crippen molar-refractivity contribution in [2.24, 2.45) is 5.73 Å². The predicted molar refractivity (Wildman–Crippen MR) is 149 cm³/mol. The molecule has 1 unspecified atom stereocenters. The molecule has 3 N–H and O–H groups in total. The number of thiophene rings is 1. The Morgan fingerprint density at radius 2 is 1.73 bits per heavy atom. The second-order valence-corrected chi connectivity index (χ2v) is 9.37. The first kappa shape index (κ1) is 22.9. The van der Waals surface area contributed by atoms with Gasteiger partial charge in [-0.3, -0.25) is 0 Å². The zero-order chi connectivity index (χ0) is 25.2. The third-order valence-corrected chi connectivity index (χ3v) is 7.10. The summed E-state index contributed by atoms with van der Waals surface area (Å²) in [6.07, 6.45) is 5.25. The summed E-state index contributed by atoms with van der Waals surface area (Å²) in [7, 11) is 1.78. The van der Waals surface area contributed by atoms with E-state index in [0.29, 0.717) is 17.6 Å². The Balaban J connectivity index is 1.30. The van der Waals surface area contributed by atoms with Crippen molar-refractivity contribution in [2.45, 2.75) is 6.17 Å². The highest BCUT2D eigenvalue weighted by Gasteiger charge is 2.26. The van der Waals surface area contributed by atoms with Crippen molar-refractivity contribution in [2.75, 3.05) is 17.3 Å². The SMILES string of the molecule is CNc1nccc(-c2cccnc2Oc2ccc(N3C=C(c4cccs4)c4ccccc4C3N)cc2)n1. The van der Waals surface area contributed by atoms with Crippen LogP contribution >= 0.6 is 11.3 Å². The molecule has 0 aliphatic carbocycles. The predicted octanol–water partition coefficient (Wildman–Crippen LogP) is 6.30. The van der Waals surface area contributed by atoms with E-state index in [4.69, 9.17) is 10.5 Å². The lowest BCUT2D eigenvalue weighted by Crippen LogP contribution is -2.33. The largest absolute Gasteiger partial charge is 0.438 e. The van der Waals surface area contributed by atoms with Crippen LogP contribution in [0.15, 0.2) is 103 Å². The number of hydrogen-bond acceptors (Lipinski definition) is 8. The van der Waals surface area contributed by atoms with Gasteiger partial charge in [0, 0.05) is 41.8 Å². The van der Waals surface area contributed by atoms with Gasteiger partial charge in [0.2, 0.25) is 11.8 Å². The first-order valence-corrected chi connectivity index (χ1v) is 12.7. The molecular formula is C29H24N6OS. The minimum absolute atomic E-state index is 0.298. The van der Waals surface area contributed by atoms with Gasteiger partial charge in [0.15, 0.2) is 0 Å². The molecule has 0 spiro atoms. The molecule has 3 aromatic heterocycles. The number of nitrogens with two attached hydrogens (primary N) is 1. The molecule has 6 rings (SSSR count). The zero-order valence-electron chi connectivity index (χ0n) is 20.1. The van der Waals surface area contributed by atoms with E-state index >= 15 is 0 Å². The molecule has 182 valence electrons. The van der Waals surface area contributed by atoms with Crippen LogP contribution in [-0.2, 0) is 0 Å². The maximum absolute atomic E-state index is 6.73. The van der Waals surface area contributed by atoms with Crippen molar-refractivity contribution in [1.29, 1.82) is 0 Å². The Morgan fingerprint density at radius 3 is 2.54 bits per heavy atom. The molecule has 1 atom stereocenters. The lowest BCUT2D eigenvalue weighted by Gasteiger charge is -2.34. The molecule has 0 radical (unpaired) electrons. The van der Waals surface area contributed by atoms with Crippen molar-refractivity contribution < 1.29 is 4.74 Å². The molecule has 0 bridgehead atoms. The fourth-order valence-electron chi connectivity index (χ4n) is 4.40. The lowest BCUT2D eigenvalue weighted by atomic mass is 9.93. The smallest absolute Gasteiger partial charge is 0.228 e. The van der Waals surface area contributed by atoms with E-state index in [-0.39, 0.29) is 6.17 Å². The number of pyridine rings is 1. The van der Waals surface area contributed by atoms with Crippen LogP contribution in [0.4, 0.5) is 11.6 Å². The number of aromatic nitrogens is 3. The second kappa shape index (κ2) is 9.85. The summed E-state index contributed by atoms with van der Waals surface area (Å²) >= 11 is 1.72. The van der Waals surface area contributed by atoms with Crippen LogP contribution in [-0.4, -0.2) is 22.0 Å². The number of nitrogens with one attached hydrogen (secondary N) is 1. The van der Waals surface area contributed by atoms with Gasteiger partial charge in [-0.2, -0.15) is 0 Å². The Labute approximate surface area is 218 Å². The number of anilines is 2. The quantitative estimate of drug-likeness (QED) is 0.280. The maximum atomic E-state index is 6.73. The average molecular weight is 505 g/mol. The molecule has 1 aliphatic heterocycles. The number of benzene rings is 2. The summed E-state index contributed by atoms with van der Waals surface area (Å²) < 4.78 is 6.19. The van der Waals surface area contributed by atoms with Gasteiger partial charge < -0.3 is 20.7 Å². The van der Waals surface area contributed by atoms with E-state index in [2.05, 4.69) is 67.1 Å². The minimum atomic E-state index is -0.298. The van der Waals surface area contributed by atoms with Crippen LogP contribution in [0.1, 0.15) is 22.2 Å². The van der Waals surface area contributed by atoms with E-state index in [0.717, 1.165) is 28.1 Å². The average Bonchev–Trinajstić information content (AvgIpc) is 3.49. The molecule has 1 aliphatic rings. The van der Waals surface area contributed by atoms with Gasteiger partial charge >= 0.3 is 0 Å². The summed E-state index contributed by atoms with van der Waals surface area (Å²) in [5, 5.41) is 5.06. The van der Waals surface area contributed by atoms with E-state index in [1.165, 1.54) is 10.4 Å². The van der Waals surface area contributed by atoms with Gasteiger partial charge in [0.25, 0.3) is 0 Å². The Hall–Kier alpha value is -4.53. The van der Waals surface area contributed by atoms with Crippen LogP contribution < -0.4 is 20.7 Å². The standard InChI is InChI=1S/C29H24N6OS/c1-31-29-33-16-14-25(34-29)23-8-4-15-32-28(23)36-20-12-10-19(11-13-20)35-18-24(26-9-5-17-37-26)21-6-2-3-7-22(21)27(35)30/h2-18,27H,30H2,1H3,(H,31,33,34). The Morgan fingerprint density at radius 1 is 0.892 bits per heavy atom. The monoisotopic (exact) mass is 504 g/mol. The summed E-state index contributed by atoms with van der Waals surface area (Å²) in [6.45, 7) is 0. The van der Waals surface area contributed by atoms with Crippen molar-refractivity contribution >= 4 is 28.5 Å². The molecule has 2 aromatic carbocycles. The van der Waals surface area contributed by atoms with E-state index < -0.39 is 0 Å². The van der Waals surface area contributed by atoms with E-state index in [9.17, 15) is 0 Å². The minimum Gasteiger partial charge on any atom is -0.438 e. The van der Waals surface area contributed by atoms with Gasteiger partial charge in [0.05, 0.1) is 11.3 Å². The van der Waals surface area contributed by atoms with E-state index in [1.54, 1.807) is 30.8 Å². The normalized spacial score (nSPS) is 14.6. The second-order valence-electron chi connectivity index (χ2n) is 8.43. The summed E-state index contributed by atoms with van der Waals surface area (Å²) in [5.74, 6) is 1.67. The van der Waals surface area contributed by atoms with Crippen LogP contribution in [0.5, 0.6) is 11.6 Å². The first-order valence-electron chi connectivity index (χ1n) is 11.8. The third-order valence-electron chi connectivity index (χ3n) is 6.20. The van der Waals surface area contributed by atoms with Crippen LogP contribution in [0.3, 0.4) is 0 Å². The Kier molecular flexibility index (Phi) is 6.10. The molecule has 0 amide bonds. The highest BCUT2D eigenvalue weighted by molar-refractivity contribution is 7.11. The summed E-state index contributed by atoms with van der Waals surface area (Å²) in [5.41, 5.74) is 12.6. The lowest BCUT2D eigenvalue weighted by molar-refractivity contribution is 0.464. The van der Waals surface area contributed by atoms with E-state index in [1.807, 2.05) is 48.5 Å². The molecule has 5 aromatic rings. The van der Waals surface area contributed by atoms with Gasteiger partial charge in [-0.05, 0) is 65.0 Å². The highest BCUT2D eigenvalue weighted by Crippen LogP contribution is 2.40. The van der Waals surface area contributed by atoms with Crippen LogP contribution in [0, 0.1) is 0 Å². The van der Waals surface area contributed by atoms with Crippen molar-refractivity contribution in [3.63, 3.8) is 0 Å². The van der Waals surface area contributed by atoms with Crippen molar-refractivity contribution in [3.05, 3.63) is 119 Å². The number of rotatable bonds is 6. The molecule has 0 saturated heterocycles. The number of nitrogens with zero attached hydrogens (tertiary/aromatic N) is 4. The maximum Gasteiger partial charge on any atom is 0.228 e. The fourth-order valence-corrected chi connectivity index (χ4v) is 5.15. The fraction of sp³-hybridized carbons (Fsp3) is 0.0690. The third kappa shape index (κ3) is 4.44. The number of ether oxygens (including phenoxy) is 1. The number of hydrogen-bond donors (Lipinski definition) is 2. The summed E-state index contributed by atoms with van der Waals surface area (Å²) in [4.78, 5) is 16.5. The number of fused-ring (bicyclic) bond motifs is 1. The topological polar surface area (TPSA) is 89.2 Å². The Bertz CT molecular complexity index is 1570. The van der Waals surface area contributed by atoms with Gasteiger partial charge in [-0.1, -0.05) is 30.3 Å². The van der Waals surface area contributed by atoms with Crippen molar-refractivity contribution in [3.8, 4) is 22.9 Å². The van der Waals surface area contributed by atoms with Gasteiger partial charge in [-0.25, -0.2) is 15.0 Å². The van der Waals surface area contributed by atoms with Gasteiger partial charge in [0.1, 0.15) is 11.9 Å². The molecule has 0 fully saturated rings. The molecule has 0 saturated carbocycles. The molecule has 37 heavy (non-hydrogen) atoms. The van der Waals surface area contributed by atoms with Crippen LogP contribution in [0.25, 0.3) is 16.8 Å². The molecular weight excluding hydrogens is 480 g/mol.